The maximum Gasteiger partial charge on any atom is 0.105 e. The predicted octanol–water partition coefficient (Wildman–Crippen LogP) is 4.59. The number of hydrogen-bond donors (Lipinski definition) is 0. The fraction of sp³-hybridized carbons (Fsp3) is 0.105. The van der Waals surface area contributed by atoms with E-state index in [1.165, 1.54) is 5.56 Å². The van der Waals surface area contributed by atoms with Crippen molar-refractivity contribution in [3.8, 4) is 0 Å². The van der Waals surface area contributed by atoms with Crippen LogP contribution in [-0.2, 0) is 0 Å². The van der Waals surface area contributed by atoms with Gasteiger partial charge in [0, 0.05) is 23.3 Å². The number of hydrogen-bond acceptors (Lipinski definition) is 4. The molecule has 0 saturated heterocycles. The Labute approximate surface area is 149 Å². The molecule has 0 fully saturated rings. The molecule has 24 heavy (non-hydrogen) atoms. The largest absolute Gasteiger partial charge is 0.261 e. The lowest BCUT2D eigenvalue weighted by Crippen LogP contribution is -2.18. The first-order valence-electron chi connectivity index (χ1n) is 7.75. The fourth-order valence-electron chi connectivity index (χ4n) is 2.92. The highest BCUT2D eigenvalue weighted by atomic mass is 79.9. The molecule has 118 valence electrons. The average molecular weight is 379 g/mol. The minimum Gasteiger partial charge on any atom is -0.261 e. The molecule has 2 aromatic carbocycles. The maximum absolute atomic E-state index is 4.85. The molecule has 0 radical (unpaired) electrons. The summed E-state index contributed by atoms with van der Waals surface area (Å²) in [6, 6.07) is 18.6. The lowest BCUT2D eigenvalue weighted by Gasteiger charge is -2.24. The zero-order valence-corrected chi connectivity index (χ0v) is 14.5. The third kappa shape index (κ3) is 2.83. The summed E-state index contributed by atoms with van der Waals surface area (Å²) >= 11 is 3.68. The van der Waals surface area contributed by atoms with Gasteiger partial charge in [-0.1, -0.05) is 52.3 Å². The van der Waals surface area contributed by atoms with Gasteiger partial charge in [-0.05, 0) is 23.8 Å². The molecule has 0 amide bonds. The van der Waals surface area contributed by atoms with Crippen molar-refractivity contribution in [1.29, 1.82) is 0 Å². The van der Waals surface area contributed by atoms with Gasteiger partial charge in [0.1, 0.15) is 5.69 Å². The number of para-hydroxylation sites is 1. The lowest BCUT2D eigenvalue weighted by atomic mass is 10.0. The standard InChI is InChI=1S/C19H15BrN4/c20-16-9-5-4-8-15(16)19-12-17(18-13-21-10-11-22-18)23-24(19)14-6-2-1-3-7-14/h1-11,13,19H,12H2. The molecule has 5 heteroatoms. The van der Waals surface area contributed by atoms with Gasteiger partial charge in [-0.15, -0.1) is 0 Å². The van der Waals surface area contributed by atoms with Crippen LogP contribution in [0.3, 0.4) is 0 Å². The minimum absolute atomic E-state index is 0.125. The summed E-state index contributed by atoms with van der Waals surface area (Å²) in [6.45, 7) is 0. The van der Waals surface area contributed by atoms with Gasteiger partial charge in [0.15, 0.2) is 0 Å². The molecular weight excluding hydrogens is 364 g/mol. The van der Waals surface area contributed by atoms with E-state index in [0.717, 1.165) is 28.0 Å². The fourth-order valence-corrected chi connectivity index (χ4v) is 3.47. The van der Waals surface area contributed by atoms with Gasteiger partial charge in [-0.25, -0.2) is 0 Å². The van der Waals surface area contributed by atoms with Crippen LogP contribution < -0.4 is 5.01 Å². The van der Waals surface area contributed by atoms with Gasteiger partial charge in [-0.2, -0.15) is 5.10 Å². The molecule has 4 nitrogen and oxygen atoms in total. The Morgan fingerprint density at radius 1 is 0.958 bits per heavy atom. The van der Waals surface area contributed by atoms with E-state index >= 15 is 0 Å². The Kier molecular flexibility index (Phi) is 4.09. The first kappa shape index (κ1) is 15.0. The Bertz CT molecular complexity index is 865. The van der Waals surface area contributed by atoms with Crippen LogP contribution >= 0.6 is 15.9 Å². The van der Waals surface area contributed by atoms with Gasteiger partial charge in [-0.3, -0.25) is 15.0 Å². The minimum atomic E-state index is 0.125. The zero-order valence-electron chi connectivity index (χ0n) is 12.9. The summed E-state index contributed by atoms with van der Waals surface area (Å²) in [5, 5.41) is 6.93. The van der Waals surface area contributed by atoms with Crippen molar-refractivity contribution in [2.24, 2.45) is 5.10 Å². The number of nitrogens with zero attached hydrogens (tertiary/aromatic N) is 4. The molecule has 0 saturated carbocycles. The van der Waals surface area contributed by atoms with E-state index < -0.39 is 0 Å². The van der Waals surface area contributed by atoms with Crippen molar-refractivity contribution in [2.75, 3.05) is 5.01 Å². The van der Waals surface area contributed by atoms with Gasteiger partial charge in [0.2, 0.25) is 0 Å². The van der Waals surface area contributed by atoms with Crippen LogP contribution in [0.5, 0.6) is 0 Å². The SMILES string of the molecule is Brc1ccccc1C1CC(c2cnccn2)=NN1c1ccccc1. The van der Waals surface area contributed by atoms with Gasteiger partial charge >= 0.3 is 0 Å². The number of anilines is 1. The summed E-state index contributed by atoms with van der Waals surface area (Å²) in [5.41, 5.74) is 4.06. The van der Waals surface area contributed by atoms with E-state index in [-0.39, 0.29) is 6.04 Å². The van der Waals surface area contributed by atoms with E-state index in [0.29, 0.717) is 0 Å². The molecule has 0 aliphatic carbocycles. The Hall–Kier alpha value is -2.53. The number of benzene rings is 2. The lowest BCUT2D eigenvalue weighted by molar-refractivity contribution is 0.705. The normalized spacial score (nSPS) is 17.0. The smallest absolute Gasteiger partial charge is 0.105 e. The topological polar surface area (TPSA) is 41.4 Å². The molecule has 1 unspecified atom stereocenters. The first-order chi connectivity index (χ1) is 11.8. The molecule has 0 bridgehead atoms. The summed E-state index contributed by atoms with van der Waals surface area (Å²) in [4.78, 5) is 8.58. The van der Waals surface area contributed by atoms with Crippen molar-refractivity contribution >= 4 is 27.3 Å². The Morgan fingerprint density at radius 3 is 2.50 bits per heavy atom. The monoisotopic (exact) mass is 378 g/mol. The predicted molar refractivity (Wildman–Crippen MR) is 99.0 cm³/mol. The average Bonchev–Trinajstić information content (AvgIpc) is 3.09. The molecule has 1 aliphatic rings. The van der Waals surface area contributed by atoms with Crippen LogP contribution in [0.2, 0.25) is 0 Å². The molecule has 0 N–H and O–H groups in total. The van der Waals surface area contributed by atoms with Gasteiger partial charge in [0.05, 0.1) is 23.6 Å². The maximum atomic E-state index is 4.85. The van der Waals surface area contributed by atoms with Crippen molar-refractivity contribution in [3.63, 3.8) is 0 Å². The van der Waals surface area contributed by atoms with Crippen LogP contribution in [0, 0.1) is 0 Å². The van der Waals surface area contributed by atoms with E-state index in [4.69, 9.17) is 5.10 Å². The highest BCUT2D eigenvalue weighted by Gasteiger charge is 2.31. The molecule has 0 spiro atoms. The summed E-state index contributed by atoms with van der Waals surface area (Å²) < 4.78 is 1.09. The molecule has 2 heterocycles. The molecule has 1 atom stereocenters. The second-order valence-electron chi connectivity index (χ2n) is 5.56. The van der Waals surface area contributed by atoms with E-state index in [9.17, 15) is 0 Å². The van der Waals surface area contributed by atoms with Crippen molar-refractivity contribution < 1.29 is 0 Å². The van der Waals surface area contributed by atoms with Crippen molar-refractivity contribution in [1.82, 2.24) is 9.97 Å². The third-order valence-corrected chi connectivity index (χ3v) is 4.78. The number of hydrazone groups is 1. The van der Waals surface area contributed by atoms with Gasteiger partial charge < -0.3 is 0 Å². The third-order valence-electron chi connectivity index (χ3n) is 4.05. The molecular formula is C19H15BrN4. The summed E-state index contributed by atoms with van der Waals surface area (Å²) in [7, 11) is 0. The Morgan fingerprint density at radius 2 is 1.75 bits per heavy atom. The van der Waals surface area contributed by atoms with Gasteiger partial charge in [0.25, 0.3) is 0 Å². The van der Waals surface area contributed by atoms with Crippen LogP contribution in [0.4, 0.5) is 5.69 Å². The summed E-state index contributed by atoms with van der Waals surface area (Å²) in [5.74, 6) is 0. The highest BCUT2D eigenvalue weighted by Crippen LogP contribution is 2.38. The van der Waals surface area contributed by atoms with Crippen molar-refractivity contribution in [2.45, 2.75) is 12.5 Å². The highest BCUT2D eigenvalue weighted by molar-refractivity contribution is 9.10. The number of aromatic nitrogens is 2. The first-order valence-corrected chi connectivity index (χ1v) is 8.55. The molecule has 1 aromatic heterocycles. The second kappa shape index (κ2) is 6.53. The van der Waals surface area contributed by atoms with Crippen LogP contribution in [0.15, 0.2) is 82.8 Å². The van der Waals surface area contributed by atoms with Crippen LogP contribution in [0.1, 0.15) is 23.7 Å². The van der Waals surface area contributed by atoms with Crippen LogP contribution in [0.25, 0.3) is 0 Å². The molecule has 3 aromatic rings. The summed E-state index contributed by atoms with van der Waals surface area (Å²) in [6.07, 6.45) is 5.94. The second-order valence-corrected chi connectivity index (χ2v) is 6.41. The Balaban J connectivity index is 1.78. The molecule has 1 aliphatic heterocycles. The molecule has 4 rings (SSSR count). The van der Waals surface area contributed by atoms with E-state index in [1.54, 1.807) is 18.6 Å². The van der Waals surface area contributed by atoms with E-state index in [2.05, 4.69) is 61.2 Å². The van der Waals surface area contributed by atoms with Crippen molar-refractivity contribution in [3.05, 3.63) is 88.9 Å². The van der Waals surface area contributed by atoms with E-state index in [1.807, 2.05) is 24.3 Å². The quantitative estimate of drug-likeness (QED) is 0.668. The zero-order chi connectivity index (χ0) is 16.4. The number of rotatable bonds is 3. The van der Waals surface area contributed by atoms with Crippen LogP contribution in [-0.4, -0.2) is 15.7 Å². The number of halogens is 1.